The van der Waals surface area contributed by atoms with Gasteiger partial charge < -0.3 is 14.7 Å². The molecule has 2 N–H and O–H groups in total. The molecule has 1 aromatic carbocycles. The lowest BCUT2D eigenvalue weighted by Gasteiger charge is -2.30. The number of nitrogens with one attached hydrogen (secondary N) is 1. The molecule has 0 unspecified atom stereocenters. The number of morpholine rings is 1. The molecule has 1 heterocycles. The largest absolute Gasteiger partial charge is 0.478 e. The molecule has 0 radical (unpaired) electrons. The Morgan fingerprint density at radius 3 is 2.61 bits per heavy atom. The molecule has 7 nitrogen and oxygen atoms in total. The number of hydrogen-bond acceptors (Lipinski definition) is 5. The lowest BCUT2D eigenvalue weighted by molar-refractivity contribution is 0.0696. The number of rotatable bonds is 6. The third kappa shape index (κ3) is 3.82. The van der Waals surface area contributed by atoms with E-state index in [1.165, 1.54) is 12.1 Å². The highest BCUT2D eigenvalue weighted by molar-refractivity contribution is 7.89. The number of hydrogen-bond donors (Lipinski definition) is 2. The van der Waals surface area contributed by atoms with Crippen molar-refractivity contribution < 1.29 is 23.1 Å². The van der Waals surface area contributed by atoms with Crippen molar-refractivity contribution in [3.8, 4) is 0 Å². The van der Waals surface area contributed by atoms with Crippen molar-refractivity contribution in [1.82, 2.24) is 4.72 Å². The van der Waals surface area contributed by atoms with E-state index in [0.717, 1.165) is 12.8 Å². The summed E-state index contributed by atoms with van der Waals surface area (Å²) in [5, 5.41) is 9.44. The van der Waals surface area contributed by atoms with Crippen molar-refractivity contribution in [2.45, 2.75) is 17.7 Å². The van der Waals surface area contributed by atoms with Crippen LogP contribution in [0.3, 0.4) is 0 Å². The molecular formula is C15H20N2O5S. The third-order valence-corrected chi connectivity index (χ3v) is 5.54. The van der Waals surface area contributed by atoms with Crippen LogP contribution in [0, 0.1) is 5.92 Å². The van der Waals surface area contributed by atoms with Crippen molar-refractivity contribution in [1.29, 1.82) is 0 Å². The van der Waals surface area contributed by atoms with Gasteiger partial charge in [-0.15, -0.1) is 0 Å². The molecule has 0 atom stereocenters. The number of aromatic carboxylic acids is 1. The molecule has 0 amide bonds. The van der Waals surface area contributed by atoms with Gasteiger partial charge in [0.2, 0.25) is 10.0 Å². The highest BCUT2D eigenvalue weighted by Crippen LogP contribution is 2.29. The minimum atomic E-state index is -3.68. The second-order valence-electron chi connectivity index (χ2n) is 5.88. The Bertz CT molecular complexity index is 694. The van der Waals surface area contributed by atoms with E-state index < -0.39 is 16.0 Å². The second-order valence-corrected chi connectivity index (χ2v) is 7.65. The first-order valence-corrected chi connectivity index (χ1v) is 9.15. The second kappa shape index (κ2) is 6.46. The Balaban J connectivity index is 1.87. The molecule has 2 fully saturated rings. The number of benzene rings is 1. The fourth-order valence-corrected chi connectivity index (χ4v) is 3.71. The van der Waals surface area contributed by atoms with Gasteiger partial charge in [-0.25, -0.2) is 17.9 Å². The van der Waals surface area contributed by atoms with E-state index in [-0.39, 0.29) is 10.5 Å². The lowest BCUT2D eigenvalue weighted by Crippen LogP contribution is -2.37. The summed E-state index contributed by atoms with van der Waals surface area (Å²) in [4.78, 5) is 13.4. The maximum atomic E-state index is 12.3. The number of anilines is 1. The first-order chi connectivity index (χ1) is 11.0. The zero-order chi connectivity index (χ0) is 16.4. The predicted octanol–water partition coefficient (Wildman–Crippen LogP) is 0.910. The van der Waals surface area contributed by atoms with Gasteiger partial charge in [-0.05, 0) is 37.0 Å². The molecule has 1 saturated heterocycles. The lowest BCUT2D eigenvalue weighted by atomic mass is 10.1. The van der Waals surface area contributed by atoms with Crippen molar-refractivity contribution >= 4 is 21.7 Å². The highest BCUT2D eigenvalue weighted by Gasteiger charge is 2.26. The first-order valence-electron chi connectivity index (χ1n) is 7.67. The van der Waals surface area contributed by atoms with Gasteiger partial charge >= 0.3 is 5.97 Å². The van der Waals surface area contributed by atoms with Crippen LogP contribution in [0.15, 0.2) is 23.1 Å². The quantitative estimate of drug-likeness (QED) is 0.799. The molecule has 2 aliphatic rings. The van der Waals surface area contributed by atoms with E-state index in [2.05, 4.69) is 4.72 Å². The van der Waals surface area contributed by atoms with Crippen LogP contribution in [0.25, 0.3) is 0 Å². The third-order valence-electron chi connectivity index (χ3n) is 4.12. The summed E-state index contributed by atoms with van der Waals surface area (Å²) in [6.07, 6.45) is 2.08. The Morgan fingerprint density at radius 1 is 1.30 bits per heavy atom. The van der Waals surface area contributed by atoms with E-state index in [0.29, 0.717) is 44.5 Å². The summed E-state index contributed by atoms with van der Waals surface area (Å²) in [6, 6.07) is 4.27. The molecule has 1 aliphatic heterocycles. The molecule has 126 valence electrons. The van der Waals surface area contributed by atoms with Gasteiger partial charge in [-0.1, -0.05) is 0 Å². The summed E-state index contributed by atoms with van der Waals surface area (Å²) in [5.41, 5.74) is 0.531. The maximum Gasteiger partial charge on any atom is 0.337 e. The van der Waals surface area contributed by atoms with Gasteiger partial charge in [0.25, 0.3) is 0 Å². The van der Waals surface area contributed by atoms with E-state index in [1.807, 2.05) is 4.90 Å². The van der Waals surface area contributed by atoms with Crippen LogP contribution in [0.1, 0.15) is 23.2 Å². The van der Waals surface area contributed by atoms with Gasteiger partial charge in [-0.2, -0.15) is 0 Å². The van der Waals surface area contributed by atoms with Gasteiger partial charge in [0.05, 0.1) is 29.4 Å². The fraction of sp³-hybridized carbons (Fsp3) is 0.533. The van der Waals surface area contributed by atoms with Gasteiger partial charge in [-0.3, -0.25) is 0 Å². The number of sulfonamides is 1. The SMILES string of the molecule is O=C(O)c1cc(S(=O)(=O)NCC2CC2)ccc1N1CCOCC1. The average Bonchev–Trinajstić information content (AvgIpc) is 3.37. The molecule has 0 aromatic heterocycles. The smallest absolute Gasteiger partial charge is 0.337 e. The minimum Gasteiger partial charge on any atom is -0.478 e. The Labute approximate surface area is 135 Å². The minimum absolute atomic E-state index is 0.00111. The van der Waals surface area contributed by atoms with Gasteiger partial charge in [0.1, 0.15) is 0 Å². The monoisotopic (exact) mass is 340 g/mol. The number of carbonyl (C=O) groups is 1. The first kappa shape index (κ1) is 16.2. The van der Waals surface area contributed by atoms with E-state index in [1.54, 1.807) is 6.07 Å². The zero-order valence-electron chi connectivity index (χ0n) is 12.7. The van der Waals surface area contributed by atoms with Crippen LogP contribution in [0.4, 0.5) is 5.69 Å². The molecule has 0 spiro atoms. The molecule has 8 heteroatoms. The number of nitrogens with zero attached hydrogens (tertiary/aromatic N) is 1. The van der Waals surface area contributed by atoms with Crippen molar-refractivity contribution in [2.24, 2.45) is 5.92 Å². The maximum absolute atomic E-state index is 12.3. The summed E-state index contributed by atoms with van der Waals surface area (Å²) in [7, 11) is -3.68. The Hall–Kier alpha value is -1.64. The molecule has 1 saturated carbocycles. The van der Waals surface area contributed by atoms with Crippen molar-refractivity contribution in [2.75, 3.05) is 37.7 Å². The van der Waals surface area contributed by atoms with Crippen LogP contribution in [0.2, 0.25) is 0 Å². The summed E-state index contributed by atoms with van der Waals surface area (Å²) >= 11 is 0. The zero-order valence-corrected chi connectivity index (χ0v) is 13.5. The topological polar surface area (TPSA) is 95.9 Å². The summed E-state index contributed by atoms with van der Waals surface area (Å²) < 4.78 is 32.4. The highest BCUT2D eigenvalue weighted by atomic mass is 32.2. The number of ether oxygens (including phenoxy) is 1. The summed E-state index contributed by atoms with van der Waals surface area (Å²) in [5.74, 6) is -0.720. The Kier molecular flexibility index (Phi) is 4.56. The summed E-state index contributed by atoms with van der Waals surface area (Å²) in [6.45, 7) is 2.65. The molecule has 0 bridgehead atoms. The predicted molar refractivity (Wildman–Crippen MR) is 84.3 cm³/mol. The van der Waals surface area contributed by atoms with Crippen LogP contribution in [0.5, 0.6) is 0 Å². The van der Waals surface area contributed by atoms with E-state index in [4.69, 9.17) is 4.74 Å². The van der Waals surface area contributed by atoms with E-state index >= 15 is 0 Å². The molecule has 1 aliphatic carbocycles. The van der Waals surface area contributed by atoms with Crippen molar-refractivity contribution in [3.63, 3.8) is 0 Å². The van der Waals surface area contributed by atoms with Crippen LogP contribution < -0.4 is 9.62 Å². The van der Waals surface area contributed by atoms with Gasteiger partial charge in [0.15, 0.2) is 0 Å². The van der Waals surface area contributed by atoms with Crippen LogP contribution >= 0.6 is 0 Å². The van der Waals surface area contributed by atoms with Crippen molar-refractivity contribution in [3.05, 3.63) is 23.8 Å². The normalized spacial score (nSPS) is 18.9. The molecule has 1 aromatic rings. The standard InChI is InChI=1S/C15H20N2O5S/c18-15(19)13-9-12(23(20,21)16-10-11-1-2-11)3-4-14(13)17-5-7-22-8-6-17/h3-4,9,11,16H,1-2,5-8,10H2,(H,18,19). The van der Waals surface area contributed by atoms with Gasteiger partial charge in [0, 0.05) is 19.6 Å². The molecular weight excluding hydrogens is 320 g/mol. The molecule has 3 rings (SSSR count). The fourth-order valence-electron chi connectivity index (χ4n) is 2.57. The average molecular weight is 340 g/mol. The molecule has 23 heavy (non-hydrogen) atoms. The van der Waals surface area contributed by atoms with E-state index in [9.17, 15) is 18.3 Å². The Morgan fingerprint density at radius 2 is 2.00 bits per heavy atom. The van der Waals surface area contributed by atoms with Crippen LogP contribution in [-0.4, -0.2) is 52.3 Å². The number of carboxylic acids is 1. The number of carboxylic acid groups (broad SMARTS) is 1. The van der Waals surface area contributed by atoms with Crippen LogP contribution in [-0.2, 0) is 14.8 Å².